The minimum atomic E-state index is -0.324. The van der Waals surface area contributed by atoms with E-state index in [2.05, 4.69) is 10.3 Å². The van der Waals surface area contributed by atoms with E-state index in [0.717, 1.165) is 0 Å². The van der Waals surface area contributed by atoms with Gasteiger partial charge in [-0.2, -0.15) is 0 Å². The Balaban J connectivity index is 1.73. The molecule has 0 atom stereocenters. The average Bonchev–Trinajstić information content (AvgIpc) is 2.56. The van der Waals surface area contributed by atoms with Gasteiger partial charge in [0.25, 0.3) is 5.91 Å². The van der Waals surface area contributed by atoms with Crippen molar-refractivity contribution in [1.82, 2.24) is 5.32 Å². The molecule has 0 bridgehead atoms. The van der Waals surface area contributed by atoms with Crippen LogP contribution >= 0.6 is 11.6 Å². The number of nitrogens with zero attached hydrogens (tertiary/aromatic N) is 1. The molecule has 24 heavy (non-hydrogen) atoms. The Labute approximate surface area is 143 Å². The third-order valence-corrected chi connectivity index (χ3v) is 3.74. The van der Waals surface area contributed by atoms with Gasteiger partial charge < -0.3 is 19.5 Å². The molecule has 2 aliphatic rings. The molecule has 1 aromatic rings. The summed E-state index contributed by atoms with van der Waals surface area (Å²) in [5.74, 6) is 0.560. The van der Waals surface area contributed by atoms with E-state index in [0.29, 0.717) is 40.7 Å². The predicted molar refractivity (Wildman–Crippen MR) is 87.2 cm³/mol. The Morgan fingerprint density at radius 3 is 3.04 bits per heavy atom. The van der Waals surface area contributed by atoms with Crippen LogP contribution in [-0.2, 0) is 14.3 Å². The van der Waals surface area contributed by atoms with Crippen molar-refractivity contribution in [2.24, 2.45) is 4.99 Å². The number of benzene rings is 1. The van der Waals surface area contributed by atoms with Crippen LogP contribution in [0.25, 0.3) is 6.08 Å². The maximum absolute atomic E-state index is 11.8. The van der Waals surface area contributed by atoms with Gasteiger partial charge in [0.1, 0.15) is 23.0 Å². The number of carbonyl (C=O) groups excluding carboxylic acids is 2. The highest BCUT2D eigenvalue weighted by atomic mass is 35.5. The molecule has 0 unspecified atom stereocenters. The minimum absolute atomic E-state index is 0.171. The normalized spacial score (nSPS) is 15.2. The highest BCUT2D eigenvalue weighted by Crippen LogP contribution is 2.41. The zero-order valence-electron chi connectivity index (χ0n) is 12.9. The van der Waals surface area contributed by atoms with E-state index in [1.165, 1.54) is 6.92 Å². The van der Waals surface area contributed by atoms with Crippen LogP contribution in [0.2, 0.25) is 5.02 Å². The van der Waals surface area contributed by atoms with E-state index in [1.54, 1.807) is 18.2 Å². The summed E-state index contributed by atoms with van der Waals surface area (Å²) in [6, 6.07) is 3.46. The number of ether oxygens (including phenoxy) is 3. The molecule has 0 aliphatic carbocycles. The van der Waals surface area contributed by atoms with Crippen LogP contribution in [0.4, 0.5) is 0 Å². The number of rotatable bonds is 5. The highest BCUT2D eigenvalue weighted by Gasteiger charge is 2.29. The Bertz CT molecular complexity index is 757. The van der Waals surface area contributed by atoms with E-state index in [9.17, 15) is 9.59 Å². The zero-order chi connectivity index (χ0) is 17.1. The van der Waals surface area contributed by atoms with Crippen LogP contribution in [0.3, 0.4) is 0 Å². The molecule has 2 heterocycles. The molecular weight excluding hydrogens is 336 g/mol. The topological polar surface area (TPSA) is 86.2 Å². The lowest BCUT2D eigenvalue weighted by Gasteiger charge is -2.23. The fourth-order valence-corrected chi connectivity index (χ4v) is 2.53. The molecule has 3 rings (SSSR count). The van der Waals surface area contributed by atoms with Crippen LogP contribution < -0.4 is 14.8 Å². The lowest BCUT2D eigenvalue weighted by molar-refractivity contribution is -0.141. The molecule has 0 saturated heterocycles. The summed E-state index contributed by atoms with van der Waals surface area (Å²) in [4.78, 5) is 26.6. The van der Waals surface area contributed by atoms with Gasteiger partial charge in [-0.05, 0) is 18.2 Å². The highest BCUT2D eigenvalue weighted by molar-refractivity contribution is 6.35. The largest absolute Gasteiger partial charge is 0.492 e. The van der Waals surface area contributed by atoms with Crippen LogP contribution in [0, 0.1) is 0 Å². The number of aliphatic imine (C=N–C) groups is 1. The van der Waals surface area contributed by atoms with Gasteiger partial charge in [0.15, 0.2) is 5.75 Å². The second-order valence-electron chi connectivity index (χ2n) is 5.13. The summed E-state index contributed by atoms with van der Waals surface area (Å²) in [6.45, 7) is 2.15. The van der Waals surface area contributed by atoms with Gasteiger partial charge in [-0.3, -0.25) is 9.59 Å². The first-order valence-electron chi connectivity index (χ1n) is 7.37. The molecule has 0 aromatic heterocycles. The quantitative estimate of drug-likeness (QED) is 0.647. The van der Waals surface area contributed by atoms with E-state index in [1.807, 2.05) is 0 Å². The SMILES string of the molecule is CC(=O)OCCCOc1ccc2c(c1Cl)OC1=NCNC(=O)C1=C2. The Kier molecular flexibility index (Phi) is 4.71. The number of hydrogen-bond acceptors (Lipinski definition) is 6. The fraction of sp³-hybridized carbons (Fsp3) is 0.312. The molecular formula is C16H15ClN2O5. The first-order valence-corrected chi connectivity index (χ1v) is 7.75. The lowest BCUT2D eigenvalue weighted by atomic mass is 10.1. The number of carbonyl (C=O) groups is 2. The molecule has 7 nitrogen and oxygen atoms in total. The number of amides is 1. The van der Waals surface area contributed by atoms with Crippen LogP contribution in [-0.4, -0.2) is 37.7 Å². The maximum atomic E-state index is 11.8. The van der Waals surface area contributed by atoms with Crippen LogP contribution in [0.5, 0.6) is 11.5 Å². The van der Waals surface area contributed by atoms with Crippen LogP contribution in [0.1, 0.15) is 18.9 Å². The molecule has 0 saturated carbocycles. The van der Waals surface area contributed by atoms with Gasteiger partial charge in [0, 0.05) is 18.9 Å². The van der Waals surface area contributed by atoms with Gasteiger partial charge in [-0.25, -0.2) is 4.99 Å². The third kappa shape index (κ3) is 3.35. The number of nitrogens with one attached hydrogen (secondary N) is 1. The zero-order valence-corrected chi connectivity index (χ0v) is 13.7. The first kappa shape index (κ1) is 16.3. The Morgan fingerprint density at radius 2 is 2.25 bits per heavy atom. The molecule has 1 aromatic carbocycles. The number of halogens is 1. The van der Waals surface area contributed by atoms with Crippen LogP contribution in [0.15, 0.2) is 22.7 Å². The lowest BCUT2D eigenvalue weighted by Crippen LogP contribution is -2.37. The molecule has 0 fully saturated rings. The summed E-state index contributed by atoms with van der Waals surface area (Å²) in [5.41, 5.74) is 1.05. The van der Waals surface area contributed by atoms with Crippen molar-refractivity contribution in [3.05, 3.63) is 28.3 Å². The molecule has 1 N–H and O–H groups in total. The summed E-state index contributed by atoms with van der Waals surface area (Å²) in [6.07, 6.45) is 2.23. The summed E-state index contributed by atoms with van der Waals surface area (Å²) < 4.78 is 16.1. The van der Waals surface area contributed by atoms with Gasteiger partial charge in [-0.1, -0.05) is 11.6 Å². The Morgan fingerprint density at radius 1 is 1.42 bits per heavy atom. The second kappa shape index (κ2) is 6.92. The van der Waals surface area contributed by atoms with Gasteiger partial charge in [0.05, 0.1) is 13.2 Å². The average molecular weight is 351 g/mol. The van der Waals surface area contributed by atoms with Crippen molar-refractivity contribution >= 4 is 35.5 Å². The minimum Gasteiger partial charge on any atom is -0.492 e. The van der Waals surface area contributed by atoms with Crippen molar-refractivity contribution in [2.75, 3.05) is 19.9 Å². The van der Waals surface area contributed by atoms with E-state index in [4.69, 9.17) is 25.8 Å². The van der Waals surface area contributed by atoms with Crippen molar-refractivity contribution in [1.29, 1.82) is 0 Å². The number of fused-ring (bicyclic) bond motifs is 2. The number of hydrogen-bond donors (Lipinski definition) is 1. The van der Waals surface area contributed by atoms with Crippen molar-refractivity contribution < 1.29 is 23.8 Å². The second-order valence-corrected chi connectivity index (χ2v) is 5.50. The van der Waals surface area contributed by atoms with Crippen molar-refractivity contribution in [3.63, 3.8) is 0 Å². The van der Waals surface area contributed by atoms with Crippen molar-refractivity contribution in [3.8, 4) is 11.5 Å². The molecule has 126 valence electrons. The van der Waals surface area contributed by atoms with Gasteiger partial charge in [0.2, 0.25) is 5.90 Å². The molecule has 2 aliphatic heterocycles. The monoisotopic (exact) mass is 350 g/mol. The first-order chi connectivity index (χ1) is 11.6. The van der Waals surface area contributed by atoms with Gasteiger partial charge >= 0.3 is 5.97 Å². The third-order valence-electron chi connectivity index (χ3n) is 3.38. The fourth-order valence-electron chi connectivity index (χ4n) is 2.27. The molecule has 0 radical (unpaired) electrons. The molecule has 1 amide bonds. The standard InChI is InChI=1S/C16H15ClN2O5/c1-9(20)22-5-2-6-23-12-4-3-10-7-11-15(21)18-8-19-16(11)24-14(10)13(12)17/h3-4,7H,2,5-6,8H2,1H3,(H,18,21). The summed E-state index contributed by atoms with van der Waals surface area (Å²) in [5, 5.41) is 2.93. The molecule has 0 spiro atoms. The number of esters is 1. The predicted octanol–water partition coefficient (Wildman–Crippen LogP) is 1.93. The Hall–Kier alpha value is -2.54. The maximum Gasteiger partial charge on any atom is 0.302 e. The smallest absolute Gasteiger partial charge is 0.302 e. The van der Waals surface area contributed by atoms with E-state index < -0.39 is 0 Å². The van der Waals surface area contributed by atoms with E-state index in [-0.39, 0.29) is 31.0 Å². The van der Waals surface area contributed by atoms with Gasteiger partial charge in [-0.15, -0.1) is 0 Å². The van der Waals surface area contributed by atoms with E-state index >= 15 is 0 Å². The summed E-state index contributed by atoms with van der Waals surface area (Å²) in [7, 11) is 0. The summed E-state index contributed by atoms with van der Waals surface area (Å²) >= 11 is 6.34. The molecule has 8 heteroatoms. The van der Waals surface area contributed by atoms with Crippen molar-refractivity contribution in [2.45, 2.75) is 13.3 Å².